The number of urea groups is 1. The first-order valence-corrected chi connectivity index (χ1v) is 6.17. The van der Waals surface area contributed by atoms with Crippen LogP contribution in [0.5, 0.6) is 0 Å². The molecule has 1 aliphatic carbocycles. The molecule has 0 atom stereocenters. The highest BCUT2D eigenvalue weighted by molar-refractivity contribution is 5.76. The predicted octanol–water partition coefficient (Wildman–Crippen LogP) is 1.29. The Morgan fingerprint density at radius 1 is 1.35 bits per heavy atom. The Kier molecular flexibility index (Phi) is 3.02. The number of likely N-dealkylation sites (tertiary alicyclic amines) is 1. The van der Waals surface area contributed by atoms with E-state index in [1.807, 2.05) is 0 Å². The summed E-state index contributed by atoms with van der Waals surface area (Å²) in [6.45, 7) is 5.24. The van der Waals surface area contributed by atoms with Crippen LogP contribution < -0.4 is 5.32 Å². The van der Waals surface area contributed by atoms with Crippen LogP contribution in [-0.4, -0.2) is 40.6 Å². The summed E-state index contributed by atoms with van der Waals surface area (Å²) in [5, 5.41) is 11.7. The molecule has 2 N–H and O–H groups in total. The zero-order valence-electron chi connectivity index (χ0n) is 10.4. The Morgan fingerprint density at radius 2 is 1.94 bits per heavy atom. The van der Waals surface area contributed by atoms with Crippen LogP contribution in [0.1, 0.15) is 33.1 Å². The van der Waals surface area contributed by atoms with Crippen molar-refractivity contribution in [2.24, 2.45) is 11.8 Å². The zero-order chi connectivity index (χ0) is 12.6. The summed E-state index contributed by atoms with van der Waals surface area (Å²) in [6.07, 6.45) is 2.54. The molecule has 1 aliphatic heterocycles. The minimum Gasteiger partial charge on any atom is -0.481 e. The van der Waals surface area contributed by atoms with Gasteiger partial charge < -0.3 is 15.3 Å². The summed E-state index contributed by atoms with van der Waals surface area (Å²) in [5.74, 6) is -0.0572. The zero-order valence-corrected chi connectivity index (χ0v) is 10.4. The Bertz CT molecular complexity index is 331. The van der Waals surface area contributed by atoms with Gasteiger partial charge in [-0.1, -0.05) is 0 Å². The van der Waals surface area contributed by atoms with Gasteiger partial charge in [0.2, 0.25) is 0 Å². The molecular weight excluding hydrogens is 220 g/mol. The van der Waals surface area contributed by atoms with E-state index >= 15 is 0 Å². The SMILES string of the molecule is CC(C)(NC(=O)N1CC(CC(=O)O)C1)C1CC1. The highest BCUT2D eigenvalue weighted by Crippen LogP contribution is 2.39. The maximum atomic E-state index is 11.9. The van der Waals surface area contributed by atoms with Gasteiger partial charge in [-0.15, -0.1) is 0 Å². The molecule has 2 aliphatic rings. The quantitative estimate of drug-likeness (QED) is 0.778. The number of nitrogens with one attached hydrogen (secondary N) is 1. The van der Waals surface area contributed by atoms with E-state index in [2.05, 4.69) is 19.2 Å². The summed E-state index contributed by atoms with van der Waals surface area (Å²) in [5.41, 5.74) is -0.130. The largest absolute Gasteiger partial charge is 0.481 e. The van der Waals surface area contributed by atoms with Crippen molar-refractivity contribution >= 4 is 12.0 Å². The van der Waals surface area contributed by atoms with Gasteiger partial charge in [0.15, 0.2) is 0 Å². The topological polar surface area (TPSA) is 69.6 Å². The van der Waals surface area contributed by atoms with Gasteiger partial charge >= 0.3 is 12.0 Å². The van der Waals surface area contributed by atoms with Gasteiger partial charge in [0, 0.05) is 24.5 Å². The van der Waals surface area contributed by atoms with Gasteiger partial charge in [-0.2, -0.15) is 0 Å². The lowest BCUT2D eigenvalue weighted by molar-refractivity contribution is -0.139. The monoisotopic (exact) mass is 240 g/mol. The van der Waals surface area contributed by atoms with E-state index in [0.717, 1.165) is 0 Å². The normalized spacial score (nSPS) is 20.9. The first-order chi connectivity index (χ1) is 7.88. The van der Waals surface area contributed by atoms with Crippen LogP contribution in [0, 0.1) is 11.8 Å². The molecule has 0 aromatic carbocycles. The molecule has 2 fully saturated rings. The molecule has 5 heteroatoms. The standard InChI is InChI=1S/C12H20N2O3/c1-12(2,9-3-4-9)13-11(17)14-6-8(7-14)5-10(15)16/h8-9H,3-7H2,1-2H3,(H,13,17)(H,15,16). The maximum absolute atomic E-state index is 11.9. The molecule has 2 amide bonds. The third kappa shape index (κ3) is 2.90. The Balaban J connectivity index is 1.73. The third-order valence-electron chi connectivity index (χ3n) is 3.73. The number of carbonyl (C=O) groups is 2. The molecule has 17 heavy (non-hydrogen) atoms. The van der Waals surface area contributed by atoms with Crippen molar-refractivity contribution in [2.75, 3.05) is 13.1 Å². The molecule has 0 aromatic rings. The van der Waals surface area contributed by atoms with Gasteiger partial charge in [-0.3, -0.25) is 4.79 Å². The number of nitrogens with zero attached hydrogens (tertiary/aromatic N) is 1. The van der Waals surface area contributed by atoms with Gasteiger partial charge in [0.25, 0.3) is 0 Å². The van der Waals surface area contributed by atoms with E-state index in [0.29, 0.717) is 19.0 Å². The summed E-state index contributed by atoms with van der Waals surface area (Å²) in [4.78, 5) is 24.1. The van der Waals surface area contributed by atoms with Crippen LogP contribution in [0.15, 0.2) is 0 Å². The van der Waals surface area contributed by atoms with Gasteiger partial charge in [0.1, 0.15) is 0 Å². The van der Waals surface area contributed by atoms with Gasteiger partial charge in [-0.25, -0.2) is 4.79 Å². The first kappa shape index (κ1) is 12.2. The van der Waals surface area contributed by atoms with Crippen LogP contribution in [0.4, 0.5) is 4.79 Å². The molecule has 1 saturated carbocycles. The Labute approximate surface area is 101 Å². The average Bonchev–Trinajstić information content (AvgIpc) is 2.91. The summed E-state index contributed by atoms with van der Waals surface area (Å²) >= 11 is 0. The van der Waals surface area contributed by atoms with Crippen LogP contribution >= 0.6 is 0 Å². The number of carboxylic acids is 1. The highest BCUT2D eigenvalue weighted by atomic mass is 16.4. The van der Waals surface area contributed by atoms with Gasteiger partial charge in [0.05, 0.1) is 6.42 Å². The summed E-state index contributed by atoms with van der Waals surface area (Å²) in [7, 11) is 0. The van der Waals surface area contributed by atoms with Crippen LogP contribution in [0.2, 0.25) is 0 Å². The van der Waals surface area contributed by atoms with Crippen LogP contribution in [0.25, 0.3) is 0 Å². The first-order valence-electron chi connectivity index (χ1n) is 6.17. The number of carboxylic acid groups (broad SMARTS) is 1. The van der Waals surface area contributed by atoms with Gasteiger partial charge in [-0.05, 0) is 32.6 Å². The molecule has 1 saturated heterocycles. The van der Waals surface area contributed by atoms with Crippen molar-refractivity contribution in [1.82, 2.24) is 10.2 Å². The second kappa shape index (κ2) is 4.20. The smallest absolute Gasteiger partial charge is 0.317 e. The molecule has 0 spiro atoms. The fourth-order valence-electron chi connectivity index (χ4n) is 2.37. The van der Waals surface area contributed by atoms with Crippen molar-refractivity contribution in [3.63, 3.8) is 0 Å². The van der Waals surface area contributed by atoms with Crippen molar-refractivity contribution in [2.45, 2.75) is 38.6 Å². The molecule has 0 aromatic heterocycles. The molecule has 5 nitrogen and oxygen atoms in total. The maximum Gasteiger partial charge on any atom is 0.317 e. The molecule has 2 rings (SSSR count). The second-order valence-electron chi connectivity index (χ2n) is 5.79. The number of carbonyl (C=O) groups excluding carboxylic acids is 1. The molecule has 1 heterocycles. The molecule has 0 bridgehead atoms. The molecule has 96 valence electrons. The third-order valence-corrected chi connectivity index (χ3v) is 3.73. The second-order valence-corrected chi connectivity index (χ2v) is 5.79. The average molecular weight is 240 g/mol. The van der Waals surface area contributed by atoms with E-state index < -0.39 is 5.97 Å². The molecule has 0 radical (unpaired) electrons. The van der Waals surface area contributed by atoms with E-state index in [9.17, 15) is 9.59 Å². The minimum atomic E-state index is -0.784. The number of hydrogen-bond acceptors (Lipinski definition) is 2. The highest BCUT2D eigenvalue weighted by Gasteiger charge is 2.41. The molecule has 0 unspecified atom stereocenters. The lowest BCUT2D eigenvalue weighted by Crippen LogP contribution is -2.58. The van der Waals surface area contributed by atoms with E-state index in [-0.39, 0.29) is 23.9 Å². The lowest BCUT2D eigenvalue weighted by atomic mass is 9.96. The van der Waals surface area contributed by atoms with Crippen molar-refractivity contribution in [1.29, 1.82) is 0 Å². The number of amides is 2. The minimum absolute atomic E-state index is 0.0523. The number of aliphatic carboxylic acids is 1. The van der Waals surface area contributed by atoms with Crippen molar-refractivity contribution in [3.05, 3.63) is 0 Å². The van der Waals surface area contributed by atoms with E-state index in [4.69, 9.17) is 5.11 Å². The number of hydrogen-bond donors (Lipinski definition) is 2. The lowest BCUT2D eigenvalue weighted by Gasteiger charge is -2.40. The number of rotatable bonds is 4. The van der Waals surface area contributed by atoms with Crippen molar-refractivity contribution in [3.8, 4) is 0 Å². The van der Waals surface area contributed by atoms with Crippen LogP contribution in [0.3, 0.4) is 0 Å². The molecular formula is C12H20N2O3. The van der Waals surface area contributed by atoms with Crippen molar-refractivity contribution < 1.29 is 14.7 Å². The van der Waals surface area contributed by atoms with Crippen LogP contribution in [-0.2, 0) is 4.79 Å². The Hall–Kier alpha value is -1.26. The Morgan fingerprint density at radius 3 is 2.41 bits per heavy atom. The predicted molar refractivity (Wildman–Crippen MR) is 62.7 cm³/mol. The van der Waals surface area contributed by atoms with E-state index in [1.165, 1.54) is 12.8 Å². The van der Waals surface area contributed by atoms with E-state index in [1.54, 1.807) is 4.90 Å². The fraction of sp³-hybridized carbons (Fsp3) is 0.833. The summed E-state index contributed by atoms with van der Waals surface area (Å²) in [6, 6.07) is -0.0523. The fourth-order valence-corrected chi connectivity index (χ4v) is 2.37. The summed E-state index contributed by atoms with van der Waals surface area (Å²) < 4.78 is 0.